The van der Waals surface area contributed by atoms with Crippen LogP contribution in [0.5, 0.6) is 11.5 Å². The van der Waals surface area contributed by atoms with Gasteiger partial charge in [-0.1, -0.05) is 24.3 Å². The SMILES string of the molecule is C1=Cc2ccc3c(c2CN1)OCC3.C1=Cc2ccc3c(c2CO1)OCC3. The quantitative estimate of drug-likeness (QED) is 0.786. The van der Waals surface area contributed by atoms with E-state index in [4.69, 9.17) is 14.2 Å². The van der Waals surface area contributed by atoms with Gasteiger partial charge in [-0.25, -0.2) is 0 Å². The maximum absolute atomic E-state index is 5.62. The van der Waals surface area contributed by atoms with Gasteiger partial charge in [0.2, 0.25) is 0 Å². The molecule has 6 rings (SSSR count). The molecule has 26 heavy (non-hydrogen) atoms. The molecule has 0 fully saturated rings. The molecule has 4 aliphatic heterocycles. The standard InChI is InChI=1S/C11H11NO.C11H10O2/c2*1-2-9-4-6-13-11(9)10-7-12-5-3-8(1)10/h1-3,5,12H,4,6-7H2;1-3,5H,4,6-7H2. The van der Waals surface area contributed by atoms with Crippen LogP contribution in [0.3, 0.4) is 0 Å². The fraction of sp³-hybridized carbons (Fsp3) is 0.273. The molecule has 0 unspecified atom stereocenters. The lowest BCUT2D eigenvalue weighted by atomic mass is 10.00. The first-order valence-electron chi connectivity index (χ1n) is 9.13. The van der Waals surface area contributed by atoms with Gasteiger partial charge < -0.3 is 19.5 Å². The first kappa shape index (κ1) is 15.4. The van der Waals surface area contributed by atoms with Crippen molar-refractivity contribution in [1.82, 2.24) is 5.32 Å². The summed E-state index contributed by atoms with van der Waals surface area (Å²) in [5, 5.41) is 3.21. The molecule has 4 aliphatic rings. The van der Waals surface area contributed by atoms with E-state index in [-0.39, 0.29) is 0 Å². The Labute approximate surface area is 153 Å². The lowest BCUT2D eigenvalue weighted by Gasteiger charge is -2.15. The van der Waals surface area contributed by atoms with Crippen LogP contribution >= 0.6 is 0 Å². The fourth-order valence-corrected chi connectivity index (χ4v) is 3.87. The van der Waals surface area contributed by atoms with Crippen LogP contribution in [0.25, 0.3) is 12.2 Å². The van der Waals surface area contributed by atoms with E-state index < -0.39 is 0 Å². The highest BCUT2D eigenvalue weighted by molar-refractivity contribution is 5.63. The Hall–Kier alpha value is -2.88. The van der Waals surface area contributed by atoms with Crippen molar-refractivity contribution in [2.75, 3.05) is 13.2 Å². The van der Waals surface area contributed by atoms with Crippen LogP contribution in [0.15, 0.2) is 36.7 Å². The van der Waals surface area contributed by atoms with Gasteiger partial charge in [0.1, 0.15) is 18.1 Å². The highest BCUT2D eigenvalue weighted by Gasteiger charge is 2.20. The van der Waals surface area contributed by atoms with E-state index in [1.165, 1.54) is 33.4 Å². The number of ether oxygens (including phenoxy) is 3. The van der Waals surface area contributed by atoms with Gasteiger partial charge in [0.05, 0.1) is 19.5 Å². The van der Waals surface area contributed by atoms with Crippen molar-refractivity contribution in [2.24, 2.45) is 0 Å². The zero-order valence-corrected chi connectivity index (χ0v) is 14.6. The number of benzene rings is 2. The van der Waals surface area contributed by atoms with Gasteiger partial charge in [0, 0.05) is 30.5 Å². The van der Waals surface area contributed by atoms with E-state index in [1.807, 2.05) is 12.3 Å². The molecule has 0 radical (unpaired) electrons. The van der Waals surface area contributed by atoms with Crippen LogP contribution < -0.4 is 14.8 Å². The minimum atomic E-state index is 0.648. The Balaban J connectivity index is 0.000000115. The van der Waals surface area contributed by atoms with Crippen LogP contribution in [0.1, 0.15) is 33.4 Å². The molecular formula is C22H21NO3. The molecule has 0 spiro atoms. The van der Waals surface area contributed by atoms with Crippen LogP contribution in [0, 0.1) is 0 Å². The third-order valence-corrected chi connectivity index (χ3v) is 5.22. The van der Waals surface area contributed by atoms with Crippen LogP contribution in [0.2, 0.25) is 0 Å². The molecule has 4 heteroatoms. The van der Waals surface area contributed by atoms with Gasteiger partial charge >= 0.3 is 0 Å². The van der Waals surface area contributed by atoms with E-state index in [9.17, 15) is 0 Å². The normalized spacial score (nSPS) is 17.2. The molecule has 0 aromatic heterocycles. The second-order valence-corrected chi connectivity index (χ2v) is 6.77. The molecule has 2 aromatic carbocycles. The lowest BCUT2D eigenvalue weighted by molar-refractivity contribution is 0.228. The van der Waals surface area contributed by atoms with Crippen LogP contribution in [0.4, 0.5) is 0 Å². The number of rotatable bonds is 0. The molecule has 4 nitrogen and oxygen atoms in total. The molecule has 0 amide bonds. The average Bonchev–Trinajstić information content (AvgIpc) is 3.38. The summed E-state index contributed by atoms with van der Waals surface area (Å²) >= 11 is 0. The second-order valence-electron chi connectivity index (χ2n) is 6.77. The topological polar surface area (TPSA) is 39.7 Å². The fourth-order valence-electron chi connectivity index (χ4n) is 3.87. The van der Waals surface area contributed by atoms with Crippen molar-refractivity contribution >= 4 is 12.2 Å². The molecule has 4 heterocycles. The van der Waals surface area contributed by atoms with Crippen molar-refractivity contribution in [2.45, 2.75) is 26.0 Å². The maximum atomic E-state index is 5.62. The highest BCUT2D eigenvalue weighted by Crippen LogP contribution is 2.35. The lowest BCUT2D eigenvalue weighted by Crippen LogP contribution is -2.11. The van der Waals surface area contributed by atoms with E-state index in [1.54, 1.807) is 6.26 Å². The number of hydrogen-bond donors (Lipinski definition) is 1. The molecule has 1 N–H and O–H groups in total. The van der Waals surface area contributed by atoms with Gasteiger partial charge in [0.25, 0.3) is 0 Å². The van der Waals surface area contributed by atoms with Crippen molar-refractivity contribution in [3.63, 3.8) is 0 Å². The van der Waals surface area contributed by atoms with E-state index in [2.05, 4.69) is 35.7 Å². The van der Waals surface area contributed by atoms with Gasteiger partial charge in [-0.3, -0.25) is 0 Å². The van der Waals surface area contributed by atoms with Crippen LogP contribution in [-0.4, -0.2) is 13.2 Å². The zero-order valence-electron chi connectivity index (χ0n) is 14.6. The van der Waals surface area contributed by atoms with Crippen molar-refractivity contribution < 1.29 is 14.2 Å². The predicted molar refractivity (Wildman–Crippen MR) is 101 cm³/mol. The summed E-state index contributed by atoms with van der Waals surface area (Å²) in [6.07, 6.45) is 9.91. The van der Waals surface area contributed by atoms with Gasteiger partial charge in [-0.15, -0.1) is 0 Å². The second kappa shape index (κ2) is 6.45. The van der Waals surface area contributed by atoms with Crippen LogP contribution in [-0.2, 0) is 30.7 Å². The Kier molecular flexibility index (Phi) is 3.81. The summed E-state index contributed by atoms with van der Waals surface area (Å²) in [5.41, 5.74) is 7.72. The minimum absolute atomic E-state index is 0.648. The van der Waals surface area contributed by atoms with Gasteiger partial charge in [-0.2, -0.15) is 0 Å². The summed E-state index contributed by atoms with van der Waals surface area (Å²) < 4.78 is 16.5. The number of fused-ring (bicyclic) bond motifs is 6. The van der Waals surface area contributed by atoms with E-state index in [0.29, 0.717) is 6.61 Å². The molecule has 0 saturated carbocycles. The third kappa shape index (κ3) is 2.62. The first-order valence-corrected chi connectivity index (χ1v) is 9.13. The Morgan fingerprint density at radius 1 is 0.769 bits per heavy atom. The van der Waals surface area contributed by atoms with Crippen molar-refractivity contribution in [1.29, 1.82) is 0 Å². The first-order chi connectivity index (χ1) is 12.9. The van der Waals surface area contributed by atoms with E-state index >= 15 is 0 Å². The summed E-state index contributed by atoms with van der Waals surface area (Å²) in [5.74, 6) is 2.18. The summed E-state index contributed by atoms with van der Waals surface area (Å²) in [6, 6.07) is 8.65. The summed E-state index contributed by atoms with van der Waals surface area (Å²) in [7, 11) is 0. The van der Waals surface area contributed by atoms with E-state index in [0.717, 1.165) is 44.1 Å². The zero-order chi connectivity index (χ0) is 17.3. The van der Waals surface area contributed by atoms with Crippen molar-refractivity contribution in [3.05, 3.63) is 70.1 Å². The third-order valence-electron chi connectivity index (χ3n) is 5.22. The van der Waals surface area contributed by atoms with Gasteiger partial charge in [-0.05, 0) is 40.6 Å². The average molecular weight is 347 g/mol. The summed E-state index contributed by atoms with van der Waals surface area (Å²) in [6.45, 7) is 3.20. The van der Waals surface area contributed by atoms with Crippen molar-refractivity contribution in [3.8, 4) is 11.5 Å². The largest absolute Gasteiger partial charge is 0.496 e. The Bertz CT molecular complexity index is 839. The molecule has 2 aromatic rings. The van der Waals surface area contributed by atoms with Gasteiger partial charge in [0.15, 0.2) is 0 Å². The number of hydrogen-bond acceptors (Lipinski definition) is 4. The predicted octanol–water partition coefficient (Wildman–Crippen LogP) is 3.82. The monoisotopic (exact) mass is 347 g/mol. The molecule has 0 saturated heterocycles. The molecule has 132 valence electrons. The summed E-state index contributed by atoms with van der Waals surface area (Å²) in [4.78, 5) is 0. The molecule has 0 bridgehead atoms. The smallest absolute Gasteiger partial charge is 0.129 e. The highest BCUT2D eigenvalue weighted by atomic mass is 16.5. The number of nitrogens with one attached hydrogen (secondary N) is 1. The molecule has 0 aliphatic carbocycles. The Morgan fingerprint density at radius 2 is 1.46 bits per heavy atom. The maximum Gasteiger partial charge on any atom is 0.129 e. The Morgan fingerprint density at radius 3 is 2.23 bits per heavy atom. The molecule has 0 atom stereocenters. The molecular weight excluding hydrogens is 326 g/mol. The minimum Gasteiger partial charge on any atom is -0.496 e.